The van der Waals surface area contributed by atoms with Crippen LogP contribution in [0.3, 0.4) is 0 Å². The summed E-state index contributed by atoms with van der Waals surface area (Å²) < 4.78 is 19.0. The van der Waals surface area contributed by atoms with E-state index in [-0.39, 0.29) is 11.9 Å². The molecule has 0 bridgehead atoms. The number of amides is 1. The minimum atomic E-state index is -0.582. The van der Waals surface area contributed by atoms with E-state index < -0.39 is 11.7 Å². The van der Waals surface area contributed by atoms with Crippen molar-refractivity contribution in [1.29, 1.82) is 0 Å². The number of carbonyl (C=O) groups is 1. The van der Waals surface area contributed by atoms with Crippen molar-refractivity contribution >= 4 is 11.8 Å². The average Bonchev–Trinajstić information content (AvgIpc) is 2.16. The maximum Gasteiger partial charge on any atom is 0.412 e. The van der Waals surface area contributed by atoms with E-state index in [1.807, 2.05) is 0 Å². The highest BCUT2D eigenvalue weighted by atomic mass is 19.1. The minimum absolute atomic E-state index is 0.0931. The fourth-order valence-corrected chi connectivity index (χ4v) is 1.86. The number of nitrogens with one attached hydrogen (secondary N) is 2. The molecule has 0 spiro atoms. The molecule has 0 saturated carbocycles. The van der Waals surface area contributed by atoms with E-state index in [0.29, 0.717) is 11.3 Å². The first-order valence-corrected chi connectivity index (χ1v) is 6.38. The largest absolute Gasteiger partial charge is 0.444 e. The van der Waals surface area contributed by atoms with Gasteiger partial charge in [0.15, 0.2) is 0 Å². The van der Waals surface area contributed by atoms with Crippen molar-refractivity contribution in [2.75, 3.05) is 11.9 Å². The summed E-state index contributed by atoms with van der Waals surface area (Å²) in [6.07, 6.45) is 0.358. The van der Waals surface area contributed by atoms with Gasteiger partial charge >= 0.3 is 6.09 Å². The van der Waals surface area contributed by atoms with Crippen molar-refractivity contribution in [3.63, 3.8) is 0 Å². The van der Waals surface area contributed by atoms with Crippen LogP contribution in [0, 0.1) is 5.82 Å². The molecule has 2 N–H and O–H groups in total. The molecule has 5 heteroatoms. The molecule has 0 aliphatic carbocycles. The van der Waals surface area contributed by atoms with Gasteiger partial charge in [0.2, 0.25) is 0 Å². The molecule has 2 rings (SSSR count). The molecule has 0 radical (unpaired) electrons. The lowest BCUT2D eigenvalue weighted by molar-refractivity contribution is 0.0636. The van der Waals surface area contributed by atoms with Crippen LogP contribution in [-0.2, 0) is 4.74 Å². The minimum Gasteiger partial charge on any atom is -0.444 e. The van der Waals surface area contributed by atoms with Gasteiger partial charge in [0.1, 0.15) is 11.4 Å². The van der Waals surface area contributed by atoms with Crippen LogP contribution >= 0.6 is 0 Å². The summed E-state index contributed by atoms with van der Waals surface area (Å²) in [5.74, 6) is -0.314. The van der Waals surface area contributed by atoms with Crippen LogP contribution in [0.25, 0.3) is 0 Å². The van der Waals surface area contributed by atoms with E-state index in [1.54, 1.807) is 32.9 Å². The number of halogens is 1. The Morgan fingerprint density at radius 1 is 1.47 bits per heavy atom. The highest BCUT2D eigenvalue weighted by molar-refractivity contribution is 5.84. The van der Waals surface area contributed by atoms with E-state index in [9.17, 15) is 9.18 Å². The topological polar surface area (TPSA) is 50.4 Å². The fraction of sp³-hybridized carbons (Fsp3) is 0.500. The first-order valence-electron chi connectivity index (χ1n) is 6.38. The Morgan fingerprint density at radius 3 is 2.63 bits per heavy atom. The Hall–Kier alpha value is -1.62. The number of ether oxygens (including phenoxy) is 1. The lowest BCUT2D eigenvalue weighted by Gasteiger charge is -2.28. The van der Waals surface area contributed by atoms with Crippen LogP contribution in [0.5, 0.6) is 0 Å². The standard InChI is InChI=1S/C14H19FN2O2/c1-14(2,3)19-13(18)17-9-4-5-10(11(15)8-9)12-6-7-16-12/h4-5,8,12,16H,6-7H2,1-3H3,(H,17,18). The van der Waals surface area contributed by atoms with Crippen molar-refractivity contribution in [2.45, 2.75) is 38.8 Å². The summed E-state index contributed by atoms with van der Waals surface area (Å²) in [4.78, 5) is 11.6. The van der Waals surface area contributed by atoms with Crippen LogP contribution in [0.1, 0.15) is 38.8 Å². The normalized spacial score (nSPS) is 18.6. The molecule has 1 aliphatic rings. The third-order valence-corrected chi connectivity index (χ3v) is 2.84. The zero-order valence-electron chi connectivity index (χ0n) is 11.4. The number of hydrogen-bond donors (Lipinski definition) is 2. The predicted octanol–water partition coefficient (Wildman–Crippen LogP) is 3.21. The van der Waals surface area contributed by atoms with Gasteiger partial charge in [0, 0.05) is 17.3 Å². The van der Waals surface area contributed by atoms with Crippen molar-refractivity contribution < 1.29 is 13.9 Å². The van der Waals surface area contributed by atoms with Crippen molar-refractivity contribution in [3.8, 4) is 0 Å². The van der Waals surface area contributed by atoms with Crippen LogP contribution < -0.4 is 10.6 Å². The van der Waals surface area contributed by atoms with E-state index in [2.05, 4.69) is 10.6 Å². The van der Waals surface area contributed by atoms with E-state index in [0.717, 1.165) is 13.0 Å². The molecule has 1 aliphatic heterocycles. The van der Waals surface area contributed by atoms with Crippen LogP contribution in [-0.4, -0.2) is 18.2 Å². The van der Waals surface area contributed by atoms with Gasteiger partial charge < -0.3 is 10.1 Å². The summed E-state index contributed by atoms with van der Waals surface area (Å²) in [5.41, 5.74) is 0.467. The first kappa shape index (κ1) is 13.8. The number of rotatable bonds is 2. The molecule has 104 valence electrons. The Morgan fingerprint density at radius 2 is 2.16 bits per heavy atom. The maximum atomic E-state index is 13.9. The average molecular weight is 266 g/mol. The van der Waals surface area contributed by atoms with Crippen molar-refractivity contribution in [2.24, 2.45) is 0 Å². The second kappa shape index (κ2) is 5.17. The summed E-state index contributed by atoms with van der Waals surface area (Å²) in [6, 6.07) is 4.79. The zero-order chi connectivity index (χ0) is 14.0. The molecule has 4 nitrogen and oxygen atoms in total. The molecule has 1 heterocycles. The van der Waals surface area contributed by atoms with Crippen molar-refractivity contribution in [3.05, 3.63) is 29.6 Å². The Kier molecular flexibility index (Phi) is 3.75. The van der Waals surface area contributed by atoms with E-state index >= 15 is 0 Å². The van der Waals surface area contributed by atoms with Gasteiger partial charge in [0.05, 0.1) is 0 Å². The van der Waals surface area contributed by atoms with E-state index in [1.165, 1.54) is 6.07 Å². The molecular formula is C14H19FN2O2. The Bertz CT molecular complexity index is 479. The highest BCUT2D eigenvalue weighted by Gasteiger charge is 2.22. The highest BCUT2D eigenvalue weighted by Crippen LogP contribution is 2.27. The van der Waals surface area contributed by atoms with Gasteiger partial charge in [-0.3, -0.25) is 5.32 Å². The molecule has 1 saturated heterocycles. The number of anilines is 1. The Labute approximate surface area is 112 Å². The molecule has 1 amide bonds. The molecular weight excluding hydrogens is 247 g/mol. The summed E-state index contributed by atoms with van der Waals surface area (Å²) in [7, 11) is 0. The number of hydrogen-bond acceptors (Lipinski definition) is 3. The maximum absolute atomic E-state index is 13.9. The fourth-order valence-electron chi connectivity index (χ4n) is 1.86. The van der Waals surface area contributed by atoms with E-state index in [4.69, 9.17) is 4.74 Å². The molecule has 1 aromatic rings. The second-order valence-corrected chi connectivity index (χ2v) is 5.66. The molecule has 0 aromatic heterocycles. The zero-order valence-corrected chi connectivity index (χ0v) is 11.4. The summed E-state index contributed by atoms with van der Waals surface area (Å²) >= 11 is 0. The van der Waals surface area contributed by atoms with Gasteiger partial charge in [0.25, 0.3) is 0 Å². The molecule has 1 fully saturated rings. The molecule has 19 heavy (non-hydrogen) atoms. The quantitative estimate of drug-likeness (QED) is 0.864. The van der Waals surface area contributed by atoms with Crippen LogP contribution in [0.15, 0.2) is 18.2 Å². The lowest BCUT2D eigenvalue weighted by Crippen LogP contribution is -2.35. The smallest absolute Gasteiger partial charge is 0.412 e. The van der Waals surface area contributed by atoms with Gasteiger partial charge in [-0.1, -0.05) is 6.07 Å². The molecule has 1 aromatic carbocycles. The SMILES string of the molecule is CC(C)(C)OC(=O)Nc1ccc(C2CCN2)c(F)c1. The van der Waals surface area contributed by atoms with Gasteiger partial charge in [-0.25, -0.2) is 9.18 Å². The number of carbonyl (C=O) groups excluding carboxylic acids is 1. The summed E-state index contributed by atoms with van der Waals surface area (Å²) in [5, 5.41) is 5.66. The van der Waals surface area contributed by atoms with Crippen molar-refractivity contribution in [1.82, 2.24) is 5.32 Å². The third kappa shape index (κ3) is 3.67. The van der Waals surface area contributed by atoms with Gasteiger partial charge in [-0.05, 0) is 45.9 Å². The lowest BCUT2D eigenvalue weighted by atomic mass is 9.97. The third-order valence-electron chi connectivity index (χ3n) is 2.84. The number of benzene rings is 1. The monoisotopic (exact) mass is 266 g/mol. The van der Waals surface area contributed by atoms with Crippen LogP contribution in [0.2, 0.25) is 0 Å². The summed E-state index contributed by atoms with van der Waals surface area (Å²) in [6.45, 7) is 6.25. The van der Waals surface area contributed by atoms with Crippen LogP contribution in [0.4, 0.5) is 14.9 Å². The molecule has 1 unspecified atom stereocenters. The Balaban J connectivity index is 2.01. The second-order valence-electron chi connectivity index (χ2n) is 5.66. The van der Waals surface area contributed by atoms with Gasteiger partial charge in [-0.15, -0.1) is 0 Å². The first-order chi connectivity index (χ1) is 8.85. The predicted molar refractivity (Wildman–Crippen MR) is 71.6 cm³/mol. The van der Waals surface area contributed by atoms with Gasteiger partial charge in [-0.2, -0.15) is 0 Å². The molecule has 1 atom stereocenters.